The average molecular weight is 391 g/mol. The standard InChI is InChI=1S/C24H25NO4/c1-4-5-6-18-15(3)22(26)25(23(18)27)16-11-17(12-16)29-19-8-7-14(2)21-20(19)24(9-10-24)13-28-21/h4-8,16-17H,1,9-13H2,2-3H3/b6-5-/t16-,17-. The first-order chi connectivity index (χ1) is 13.9. The maximum absolute atomic E-state index is 12.7. The summed E-state index contributed by atoms with van der Waals surface area (Å²) in [6, 6.07) is 3.99. The Hall–Kier alpha value is -2.82. The molecule has 2 aliphatic carbocycles. The van der Waals surface area contributed by atoms with Crippen LogP contribution in [0.4, 0.5) is 0 Å². The molecule has 0 N–H and O–H groups in total. The van der Waals surface area contributed by atoms with Gasteiger partial charge in [-0.05, 0) is 44.4 Å². The number of rotatable bonds is 5. The van der Waals surface area contributed by atoms with E-state index >= 15 is 0 Å². The average Bonchev–Trinajstić information content (AvgIpc) is 3.30. The molecule has 2 heterocycles. The van der Waals surface area contributed by atoms with Gasteiger partial charge in [0.25, 0.3) is 11.8 Å². The third kappa shape index (κ3) is 2.67. The molecule has 0 bridgehead atoms. The van der Waals surface area contributed by atoms with Crippen molar-refractivity contribution in [2.24, 2.45) is 0 Å². The zero-order valence-corrected chi connectivity index (χ0v) is 16.9. The molecule has 2 saturated carbocycles. The largest absolute Gasteiger partial charge is 0.492 e. The van der Waals surface area contributed by atoms with Gasteiger partial charge in [0.15, 0.2) is 0 Å². The fourth-order valence-electron chi connectivity index (χ4n) is 4.68. The van der Waals surface area contributed by atoms with Crippen LogP contribution in [0.15, 0.2) is 48.1 Å². The molecule has 0 unspecified atom stereocenters. The first-order valence-corrected chi connectivity index (χ1v) is 10.3. The van der Waals surface area contributed by atoms with E-state index < -0.39 is 0 Å². The lowest BCUT2D eigenvalue weighted by Crippen LogP contribution is -2.52. The number of hydrogen-bond acceptors (Lipinski definition) is 4. The van der Waals surface area contributed by atoms with Gasteiger partial charge in [-0.1, -0.05) is 24.8 Å². The van der Waals surface area contributed by atoms with Crippen molar-refractivity contribution in [1.82, 2.24) is 4.90 Å². The summed E-state index contributed by atoms with van der Waals surface area (Å²) in [5, 5.41) is 0. The number of imide groups is 1. The van der Waals surface area contributed by atoms with Gasteiger partial charge in [0.2, 0.25) is 0 Å². The molecule has 2 amide bonds. The van der Waals surface area contributed by atoms with Crippen LogP contribution in [0.1, 0.15) is 43.7 Å². The summed E-state index contributed by atoms with van der Waals surface area (Å²) in [6.45, 7) is 8.15. The molecule has 5 rings (SSSR count). The van der Waals surface area contributed by atoms with Crippen molar-refractivity contribution in [2.45, 2.75) is 57.1 Å². The predicted molar refractivity (Wildman–Crippen MR) is 109 cm³/mol. The first-order valence-electron chi connectivity index (χ1n) is 10.3. The van der Waals surface area contributed by atoms with Crippen molar-refractivity contribution in [3.05, 3.63) is 59.2 Å². The van der Waals surface area contributed by atoms with Gasteiger partial charge in [0.1, 0.15) is 17.6 Å². The van der Waals surface area contributed by atoms with E-state index in [0.29, 0.717) is 24.0 Å². The van der Waals surface area contributed by atoms with Crippen molar-refractivity contribution < 1.29 is 19.1 Å². The second-order valence-electron chi connectivity index (χ2n) is 8.63. The number of carbonyl (C=O) groups excluding carboxylic acids is 2. The number of hydrogen-bond donors (Lipinski definition) is 0. The number of aryl methyl sites for hydroxylation is 1. The Labute approximate surface area is 170 Å². The lowest BCUT2D eigenvalue weighted by Gasteiger charge is -2.40. The lowest BCUT2D eigenvalue weighted by molar-refractivity contribution is -0.144. The number of amides is 2. The van der Waals surface area contributed by atoms with E-state index in [0.717, 1.165) is 36.5 Å². The Morgan fingerprint density at radius 3 is 2.66 bits per heavy atom. The van der Waals surface area contributed by atoms with Crippen LogP contribution in [0.2, 0.25) is 0 Å². The molecule has 2 aliphatic heterocycles. The third-order valence-corrected chi connectivity index (χ3v) is 6.71. The highest BCUT2D eigenvalue weighted by Gasteiger charge is 2.53. The molecular weight excluding hydrogens is 366 g/mol. The summed E-state index contributed by atoms with van der Waals surface area (Å²) in [4.78, 5) is 26.7. The minimum Gasteiger partial charge on any atom is -0.492 e. The fourth-order valence-corrected chi connectivity index (χ4v) is 4.68. The maximum atomic E-state index is 12.7. The van der Waals surface area contributed by atoms with Gasteiger partial charge in [0, 0.05) is 41.0 Å². The van der Waals surface area contributed by atoms with E-state index in [1.54, 1.807) is 25.2 Å². The Morgan fingerprint density at radius 2 is 1.97 bits per heavy atom. The Kier molecular flexibility index (Phi) is 3.99. The van der Waals surface area contributed by atoms with Gasteiger partial charge in [-0.2, -0.15) is 0 Å². The van der Waals surface area contributed by atoms with Gasteiger partial charge in [-0.3, -0.25) is 14.5 Å². The van der Waals surface area contributed by atoms with Crippen molar-refractivity contribution in [1.29, 1.82) is 0 Å². The molecule has 0 saturated heterocycles. The number of allylic oxidation sites excluding steroid dienone is 2. The summed E-state index contributed by atoms with van der Waals surface area (Å²) >= 11 is 0. The normalized spacial score (nSPS) is 26.8. The van der Waals surface area contributed by atoms with Gasteiger partial charge >= 0.3 is 0 Å². The fraction of sp³-hybridized carbons (Fsp3) is 0.417. The molecule has 0 atom stereocenters. The quantitative estimate of drug-likeness (QED) is 0.567. The minimum absolute atomic E-state index is 0.0110. The van der Waals surface area contributed by atoms with Crippen LogP contribution >= 0.6 is 0 Å². The van der Waals surface area contributed by atoms with Gasteiger partial charge < -0.3 is 9.47 Å². The molecule has 0 aromatic heterocycles. The summed E-state index contributed by atoms with van der Waals surface area (Å²) in [6.07, 6.45) is 8.60. The molecule has 1 spiro atoms. The van der Waals surface area contributed by atoms with Gasteiger partial charge in [0.05, 0.1) is 6.61 Å². The smallest absolute Gasteiger partial charge is 0.261 e. The second-order valence-corrected chi connectivity index (χ2v) is 8.63. The summed E-state index contributed by atoms with van der Waals surface area (Å²) in [5.74, 6) is 1.49. The third-order valence-electron chi connectivity index (χ3n) is 6.71. The summed E-state index contributed by atoms with van der Waals surface area (Å²) in [7, 11) is 0. The van der Waals surface area contributed by atoms with E-state index in [4.69, 9.17) is 9.47 Å². The van der Waals surface area contributed by atoms with Crippen LogP contribution in [-0.4, -0.2) is 35.5 Å². The highest BCUT2D eigenvalue weighted by molar-refractivity contribution is 6.20. The number of benzene rings is 1. The van der Waals surface area contributed by atoms with E-state index in [1.165, 1.54) is 10.5 Å². The number of ether oxygens (including phenoxy) is 2. The first kappa shape index (κ1) is 18.2. The van der Waals surface area contributed by atoms with E-state index in [1.807, 2.05) is 12.1 Å². The predicted octanol–water partition coefficient (Wildman–Crippen LogP) is 3.76. The monoisotopic (exact) mass is 391 g/mol. The molecule has 5 nitrogen and oxygen atoms in total. The number of carbonyl (C=O) groups is 2. The Bertz CT molecular complexity index is 992. The SMILES string of the molecule is C=C/C=C\C1=C(C)C(=O)N([C@H]2C[C@H](Oc3ccc(C)c4c3C3(CC3)CO4)C2)C1=O. The summed E-state index contributed by atoms with van der Waals surface area (Å²) in [5.41, 5.74) is 3.49. The van der Waals surface area contributed by atoms with Crippen LogP contribution in [0, 0.1) is 6.92 Å². The molecular formula is C24H25NO4. The van der Waals surface area contributed by atoms with Gasteiger partial charge in [-0.25, -0.2) is 0 Å². The van der Waals surface area contributed by atoms with Crippen molar-refractivity contribution in [3.63, 3.8) is 0 Å². The van der Waals surface area contributed by atoms with Crippen LogP contribution in [0.5, 0.6) is 11.5 Å². The van der Waals surface area contributed by atoms with E-state index in [9.17, 15) is 9.59 Å². The second kappa shape index (κ2) is 6.34. The Balaban J connectivity index is 1.28. The highest BCUT2D eigenvalue weighted by Crippen LogP contribution is 2.59. The molecule has 150 valence electrons. The van der Waals surface area contributed by atoms with Crippen molar-refractivity contribution in [2.75, 3.05) is 6.61 Å². The van der Waals surface area contributed by atoms with E-state index in [-0.39, 0.29) is 29.4 Å². The van der Waals surface area contributed by atoms with Crippen LogP contribution < -0.4 is 9.47 Å². The maximum Gasteiger partial charge on any atom is 0.261 e. The van der Waals surface area contributed by atoms with Crippen LogP contribution in [-0.2, 0) is 15.0 Å². The molecule has 1 aromatic rings. The molecule has 4 aliphatic rings. The molecule has 2 fully saturated rings. The van der Waals surface area contributed by atoms with Crippen LogP contribution in [0.3, 0.4) is 0 Å². The zero-order valence-electron chi connectivity index (χ0n) is 16.9. The molecule has 0 radical (unpaired) electrons. The van der Waals surface area contributed by atoms with Gasteiger partial charge in [-0.15, -0.1) is 0 Å². The van der Waals surface area contributed by atoms with Crippen molar-refractivity contribution in [3.8, 4) is 11.5 Å². The zero-order chi connectivity index (χ0) is 20.3. The lowest BCUT2D eigenvalue weighted by atomic mass is 9.87. The van der Waals surface area contributed by atoms with E-state index in [2.05, 4.69) is 13.5 Å². The molecule has 29 heavy (non-hydrogen) atoms. The Morgan fingerprint density at radius 1 is 1.21 bits per heavy atom. The molecule has 5 heteroatoms. The number of nitrogens with zero attached hydrogens (tertiary/aromatic N) is 1. The molecule has 1 aromatic carbocycles. The minimum atomic E-state index is -0.212. The van der Waals surface area contributed by atoms with Crippen LogP contribution in [0.25, 0.3) is 0 Å². The summed E-state index contributed by atoms with van der Waals surface area (Å²) < 4.78 is 12.3. The topological polar surface area (TPSA) is 55.8 Å². The highest BCUT2D eigenvalue weighted by atomic mass is 16.5. The number of fused-ring (bicyclic) bond motifs is 2. The van der Waals surface area contributed by atoms with Crippen molar-refractivity contribution >= 4 is 11.8 Å².